The highest BCUT2D eigenvalue weighted by Crippen LogP contribution is 2.19. The summed E-state index contributed by atoms with van der Waals surface area (Å²) in [5.41, 5.74) is -0.151. The molecule has 0 radical (unpaired) electrons. The van der Waals surface area contributed by atoms with Crippen LogP contribution in [0, 0.1) is 5.82 Å². The number of carboxylic acids is 1. The molecule has 1 aromatic rings. The van der Waals surface area contributed by atoms with E-state index in [2.05, 4.69) is 4.90 Å². The fourth-order valence-corrected chi connectivity index (χ4v) is 1.90. The first-order valence-electron chi connectivity index (χ1n) is 6.12. The minimum atomic E-state index is -1.19. The molecular weight excluding hydrogens is 253 g/mol. The van der Waals surface area contributed by atoms with Crippen LogP contribution in [0.25, 0.3) is 0 Å². The van der Waals surface area contributed by atoms with Crippen molar-refractivity contribution >= 4 is 5.97 Å². The molecule has 1 aliphatic rings. The molecule has 1 aromatic carbocycles. The van der Waals surface area contributed by atoms with Crippen molar-refractivity contribution < 1.29 is 23.8 Å². The predicted octanol–water partition coefficient (Wildman–Crippen LogP) is 1.23. The Balaban J connectivity index is 1.89. The summed E-state index contributed by atoms with van der Waals surface area (Å²) in [5, 5.41) is 8.96. The van der Waals surface area contributed by atoms with E-state index in [9.17, 15) is 9.18 Å². The quantitative estimate of drug-likeness (QED) is 0.871. The average molecular weight is 269 g/mol. The second-order valence-corrected chi connectivity index (χ2v) is 4.25. The topological polar surface area (TPSA) is 59.0 Å². The summed E-state index contributed by atoms with van der Waals surface area (Å²) in [5.74, 6) is -1.58. The first-order chi connectivity index (χ1) is 9.16. The Bertz CT molecular complexity index is 446. The number of hydrogen-bond donors (Lipinski definition) is 1. The second-order valence-electron chi connectivity index (χ2n) is 4.25. The lowest BCUT2D eigenvalue weighted by atomic mass is 10.2. The molecule has 1 N–H and O–H groups in total. The van der Waals surface area contributed by atoms with Crippen molar-refractivity contribution in [2.24, 2.45) is 0 Å². The maximum atomic E-state index is 13.0. The Morgan fingerprint density at radius 1 is 1.42 bits per heavy atom. The predicted molar refractivity (Wildman–Crippen MR) is 66.1 cm³/mol. The standard InChI is InChI=1S/C13H16FNO4/c14-10-1-2-12(11(9-10)13(16)17)19-8-5-15-3-6-18-7-4-15/h1-2,9H,3-8H2,(H,16,17). The Kier molecular flexibility index (Phi) is 4.70. The summed E-state index contributed by atoms with van der Waals surface area (Å²) in [6.45, 7) is 4.16. The van der Waals surface area contributed by atoms with Crippen LogP contribution in [0.4, 0.5) is 4.39 Å². The van der Waals surface area contributed by atoms with Crippen molar-refractivity contribution in [1.29, 1.82) is 0 Å². The van der Waals surface area contributed by atoms with Gasteiger partial charge in [-0.2, -0.15) is 0 Å². The zero-order valence-electron chi connectivity index (χ0n) is 10.5. The smallest absolute Gasteiger partial charge is 0.339 e. The number of hydrogen-bond acceptors (Lipinski definition) is 4. The molecule has 104 valence electrons. The fraction of sp³-hybridized carbons (Fsp3) is 0.462. The molecule has 0 spiro atoms. The highest BCUT2D eigenvalue weighted by Gasteiger charge is 2.14. The number of carbonyl (C=O) groups is 1. The van der Waals surface area contributed by atoms with E-state index in [0.29, 0.717) is 26.4 Å². The van der Waals surface area contributed by atoms with Gasteiger partial charge < -0.3 is 14.6 Å². The molecule has 19 heavy (non-hydrogen) atoms. The normalized spacial score (nSPS) is 16.3. The maximum Gasteiger partial charge on any atom is 0.339 e. The Labute approximate surface area is 110 Å². The maximum absolute atomic E-state index is 13.0. The Hall–Kier alpha value is -1.66. The van der Waals surface area contributed by atoms with Crippen molar-refractivity contribution in [2.75, 3.05) is 39.5 Å². The third-order valence-corrected chi connectivity index (χ3v) is 2.94. The second kappa shape index (κ2) is 6.49. The lowest BCUT2D eigenvalue weighted by Crippen LogP contribution is -2.38. The van der Waals surface area contributed by atoms with Crippen LogP contribution in [0.1, 0.15) is 10.4 Å². The lowest BCUT2D eigenvalue weighted by molar-refractivity contribution is 0.0321. The Morgan fingerprint density at radius 3 is 2.84 bits per heavy atom. The molecule has 0 bridgehead atoms. The van der Waals surface area contributed by atoms with Gasteiger partial charge in [-0.1, -0.05) is 0 Å². The molecule has 1 heterocycles. The number of morpholine rings is 1. The van der Waals surface area contributed by atoms with E-state index in [1.165, 1.54) is 12.1 Å². The van der Waals surface area contributed by atoms with Gasteiger partial charge in [-0.3, -0.25) is 4.90 Å². The van der Waals surface area contributed by atoms with E-state index >= 15 is 0 Å². The highest BCUT2D eigenvalue weighted by molar-refractivity contribution is 5.90. The first-order valence-corrected chi connectivity index (χ1v) is 6.12. The molecular formula is C13H16FNO4. The summed E-state index contributed by atoms with van der Waals surface area (Å²) in [7, 11) is 0. The lowest BCUT2D eigenvalue weighted by Gasteiger charge is -2.26. The summed E-state index contributed by atoms with van der Waals surface area (Å²) in [6, 6.07) is 3.50. The SMILES string of the molecule is O=C(O)c1cc(F)ccc1OCCN1CCOCC1. The summed E-state index contributed by atoms with van der Waals surface area (Å²) in [6.07, 6.45) is 0. The van der Waals surface area contributed by atoms with Crippen LogP contribution < -0.4 is 4.74 Å². The number of rotatable bonds is 5. The zero-order chi connectivity index (χ0) is 13.7. The highest BCUT2D eigenvalue weighted by atomic mass is 19.1. The van der Waals surface area contributed by atoms with E-state index < -0.39 is 11.8 Å². The van der Waals surface area contributed by atoms with Gasteiger partial charge in [0.1, 0.15) is 23.7 Å². The van der Waals surface area contributed by atoms with Gasteiger partial charge in [0.25, 0.3) is 0 Å². The molecule has 0 aliphatic carbocycles. The van der Waals surface area contributed by atoms with Crippen molar-refractivity contribution in [2.45, 2.75) is 0 Å². The third-order valence-electron chi connectivity index (χ3n) is 2.94. The molecule has 1 fully saturated rings. The van der Waals surface area contributed by atoms with Crippen molar-refractivity contribution in [3.8, 4) is 5.75 Å². The number of ether oxygens (including phenoxy) is 2. The number of halogens is 1. The number of benzene rings is 1. The first kappa shape index (κ1) is 13.8. The van der Waals surface area contributed by atoms with Gasteiger partial charge in [-0.25, -0.2) is 9.18 Å². The van der Waals surface area contributed by atoms with Crippen LogP contribution in [0.15, 0.2) is 18.2 Å². The number of nitrogens with zero attached hydrogens (tertiary/aromatic N) is 1. The van der Waals surface area contributed by atoms with E-state index in [1.807, 2.05) is 0 Å². The van der Waals surface area contributed by atoms with Crippen LogP contribution in [-0.2, 0) is 4.74 Å². The van der Waals surface area contributed by atoms with Crippen LogP contribution in [-0.4, -0.2) is 55.4 Å². The van der Waals surface area contributed by atoms with Crippen LogP contribution >= 0.6 is 0 Å². The molecule has 0 saturated carbocycles. The molecule has 0 amide bonds. The third kappa shape index (κ3) is 3.90. The van der Waals surface area contributed by atoms with Gasteiger partial charge in [0.2, 0.25) is 0 Å². The van der Waals surface area contributed by atoms with E-state index in [-0.39, 0.29) is 11.3 Å². The van der Waals surface area contributed by atoms with Gasteiger partial charge in [-0.15, -0.1) is 0 Å². The fourth-order valence-electron chi connectivity index (χ4n) is 1.90. The van der Waals surface area contributed by atoms with Crippen molar-refractivity contribution in [3.05, 3.63) is 29.6 Å². The monoisotopic (exact) mass is 269 g/mol. The largest absolute Gasteiger partial charge is 0.491 e. The molecule has 1 saturated heterocycles. The van der Waals surface area contributed by atoms with E-state index in [1.54, 1.807) is 0 Å². The van der Waals surface area contributed by atoms with Crippen molar-refractivity contribution in [3.63, 3.8) is 0 Å². The number of aromatic carboxylic acids is 1. The zero-order valence-corrected chi connectivity index (χ0v) is 10.5. The number of carboxylic acid groups (broad SMARTS) is 1. The summed E-state index contributed by atoms with van der Waals surface area (Å²) in [4.78, 5) is 13.1. The molecule has 2 rings (SSSR count). The van der Waals surface area contributed by atoms with Gasteiger partial charge in [0.15, 0.2) is 0 Å². The Morgan fingerprint density at radius 2 is 2.16 bits per heavy atom. The summed E-state index contributed by atoms with van der Waals surface area (Å²) < 4.78 is 23.6. The molecule has 0 atom stereocenters. The molecule has 5 nitrogen and oxygen atoms in total. The average Bonchev–Trinajstić information content (AvgIpc) is 2.41. The van der Waals surface area contributed by atoms with Crippen LogP contribution in [0.3, 0.4) is 0 Å². The van der Waals surface area contributed by atoms with Crippen molar-refractivity contribution in [1.82, 2.24) is 4.90 Å². The van der Waals surface area contributed by atoms with Gasteiger partial charge in [0.05, 0.1) is 13.2 Å². The van der Waals surface area contributed by atoms with Gasteiger partial charge in [-0.05, 0) is 18.2 Å². The van der Waals surface area contributed by atoms with Crippen LogP contribution in [0.2, 0.25) is 0 Å². The van der Waals surface area contributed by atoms with E-state index in [0.717, 1.165) is 19.2 Å². The minimum Gasteiger partial charge on any atom is -0.491 e. The molecule has 6 heteroatoms. The van der Waals surface area contributed by atoms with Gasteiger partial charge in [0, 0.05) is 19.6 Å². The molecule has 0 aromatic heterocycles. The van der Waals surface area contributed by atoms with Gasteiger partial charge >= 0.3 is 5.97 Å². The van der Waals surface area contributed by atoms with E-state index in [4.69, 9.17) is 14.6 Å². The van der Waals surface area contributed by atoms with Crippen LogP contribution in [0.5, 0.6) is 5.75 Å². The molecule has 1 aliphatic heterocycles. The summed E-state index contributed by atoms with van der Waals surface area (Å²) >= 11 is 0. The minimum absolute atomic E-state index is 0.151. The molecule has 0 unspecified atom stereocenters.